The highest BCUT2D eigenvalue weighted by molar-refractivity contribution is 7.85. The van der Waals surface area contributed by atoms with Gasteiger partial charge < -0.3 is 15.5 Å². The molecule has 4 N–H and O–H groups in total. The minimum atomic E-state index is -4.45. The van der Waals surface area contributed by atoms with Gasteiger partial charge in [0.25, 0.3) is 10.1 Å². The van der Waals surface area contributed by atoms with Crippen LogP contribution in [0.15, 0.2) is 36.5 Å². The van der Waals surface area contributed by atoms with Gasteiger partial charge in [0.15, 0.2) is 0 Å². The largest absolute Gasteiger partial charge is 0.387 e. The molecular weight excluding hydrogens is 635 g/mol. The summed E-state index contributed by atoms with van der Waals surface area (Å²) in [6, 6.07) is -1.25. The second-order valence-corrected chi connectivity index (χ2v) is 15.5. The van der Waals surface area contributed by atoms with Crippen LogP contribution in [0.5, 0.6) is 0 Å². The van der Waals surface area contributed by atoms with Gasteiger partial charge in [-0.1, -0.05) is 185 Å². The van der Waals surface area contributed by atoms with E-state index < -0.39 is 40.0 Å². The topological polar surface area (TPSA) is 124 Å². The van der Waals surface area contributed by atoms with Crippen molar-refractivity contribution in [3.05, 3.63) is 36.5 Å². The lowest BCUT2D eigenvalue weighted by Gasteiger charge is -2.22. The molecule has 0 aliphatic rings. The number of unbranched alkanes of at least 4 members (excludes halogenated alkanes) is 23. The van der Waals surface area contributed by atoms with E-state index in [-0.39, 0.29) is 6.42 Å². The lowest BCUT2D eigenvalue weighted by atomic mass is 10.0. The summed E-state index contributed by atoms with van der Waals surface area (Å²) in [6.45, 7) is 4.50. The van der Waals surface area contributed by atoms with Crippen molar-refractivity contribution in [2.45, 2.75) is 212 Å². The maximum Gasteiger partial charge on any atom is 0.267 e. The van der Waals surface area contributed by atoms with Crippen LogP contribution in [0.4, 0.5) is 0 Å². The highest BCUT2D eigenvalue weighted by atomic mass is 32.2. The molecule has 0 aromatic carbocycles. The van der Waals surface area contributed by atoms with Crippen LogP contribution in [0.25, 0.3) is 0 Å². The molecule has 0 saturated heterocycles. The Balaban J connectivity index is 4.13. The average molecular weight is 712 g/mol. The summed E-state index contributed by atoms with van der Waals surface area (Å²) in [5.74, 6) is -1.56. The highest BCUT2D eigenvalue weighted by Crippen LogP contribution is 2.15. The maximum absolute atomic E-state index is 12.6. The van der Waals surface area contributed by atoms with E-state index in [1.165, 1.54) is 122 Å². The third-order valence-electron chi connectivity index (χ3n) is 9.15. The van der Waals surface area contributed by atoms with Crippen molar-refractivity contribution in [1.29, 1.82) is 0 Å². The Morgan fingerprint density at radius 1 is 0.551 bits per heavy atom. The first-order chi connectivity index (χ1) is 23.7. The monoisotopic (exact) mass is 712 g/mol. The molecule has 0 aliphatic heterocycles. The second kappa shape index (κ2) is 34.9. The van der Waals surface area contributed by atoms with E-state index in [4.69, 9.17) is 0 Å². The van der Waals surface area contributed by atoms with Gasteiger partial charge in [-0.3, -0.25) is 9.35 Å². The summed E-state index contributed by atoms with van der Waals surface area (Å²) in [5.41, 5.74) is 0. The Labute approximate surface area is 302 Å². The van der Waals surface area contributed by atoms with Gasteiger partial charge >= 0.3 is 0 Å². The van der Waals surface area contributed by atoms with E-state index in [2.05, 4.69) is 43.5 Å². The Morgan fingerprint density at radius 3 is 1.35 bits per heavy atom. The van der Waals surface area contributed by atoms with Gasteiger partial charge in [0.2, 0.25) is 5.91 Å². The van der Waals surface area contributed by atoms with Gasteiger partial charge in [0.1, 0.15) is 6.10 Å². The Hall–Kier alpha value is -1.48. The Morgan fingerprint density at radius 2 is 0.918 bits per heavy atom. The first-order valence-corrected chi connectivity index (χ1v) is 21.9. The third-order valence-corrected chi connectivity index (χ3v) is 9.94. The minimum Gasteiger partial charge on any atom is -0.387 e. The van der Waals surface area contributed by atoms with Crippen LogP contribution >= 0.6 is 0 Å². The van der Waals surface area contributed by atoms with Gasteiger partial charge in [0, 0.05) is 0 Å². The lowest BCUT2D eigenvalue weighted by molar-refractivity contribution is -0.130. The smallest absolute Gasteiger partial charge is 0.267 e. The molecule has 8 heteroatoms. The van der Waals surface area contributed by atoms with Crippen LogP contribution in [-0.4, -0.2) is 53.1 Å². The van der Waals surface area contributed by atoms with E-state index in [0.717, 1.165) is 44.9 Å². The zero-order valence-corrected chi connectivity index (χ0v) is 32.5. The number of hydrogen-bond acceptors (Lipinski definition) is 5. The molecule has 3 unspecified atom stereocenters. The second-order valence-electron chi connectivity index (χ2n) is 14.0. The quantitative estimate of drug-likeness (QED) is 0.0291. The average Bonchev–Trinajstić information content (AvgIpc) is 3.06. The van der Waals surface area contributed by atoms with E-state index in [0.29, 0.717) is 12.8 Å². The number of hydrogen-bond donors (Lipinski definition) is 4. The fraction of sp³-hybridized carbons (Fsp3) is 0.829. The van der Waals surface area contributed by atoms with Crippen molar-refractivity contribution in [2.75, 3.05) is 5.75 Å². The molecule has 0 radical (unpaired) electrons. The van der Waals surface area contributed by atoms with Crippen molar-refractivity contribution >= 4 is 16.0 Å². The summed E-state index contributed by atoms with van der Waals surface area (Å²) < 4.78 is 32.5. The van der Waals surface area contributed by atoms with Crippen LogP contribution in [0.3, 0.4) is 0 Å². The molecular formula is C41H77NO6S. The van der Waals surface area contributed by atoms with Gasteiger partial charge in [-0.15, -0.1) is 0 Å². The SMILES string of the molecule is CCCCCCCCC/C=C/CC/C=C/CC/C=C/C(O)C(CS(=O)(=O)O)NC(=O)C(O)CCCCCCCCCCCCCCCCC. The van der Waals surface area contributed by atoms with Crippen molar-refractivity contribution in [3.63, 3.8) is 0 Å². The molecule has 0 aromatic rings. The Kier molecular flexibility index (Phi) is 33.9. The molecule has 288 valence electrons. The Bertz CT molecular complexity index is 932. The van der Waals surface area contributed by atoms with Gasteiger partial charge in [-0.25, -0.2) is 0 Å². The van der Waals surface area contributed by atoms with Gasteiger partial charge in [0.05, 0.1) is 17.9 Å². The molecule has 3 atom stereocenters. The summed E-state index contributed by atoms with van der Waals surface area (Å²) >= 11 is 0. The molecule has 0 rings (SSSR count). The highest BCUT2D eigenvalue weighted by Gasteiger charge is 2.27. The minimum absolute atomic E-state index is 0.274. The number of aliphatic hydroxyl groups is 2. The first-order valence-electron chi connectivity index (χ1n) is 20.3. The van der Waals surface area contributed by atoms with E-state index in [1.54, 1.807) is 6.08 Å². The van der Waals surface area contributed by atoms with E-state index in [1.807, 2.05) is 0 Å². The molecule has 0 bridgehead atoms. The number of carbonyl (C=O) groups excluding carboxylic acids is 1. The number of amides is 1. The third kappa shape index (κ3) is 34.7. The summed E-state index contributed by atoms with van der Waals surface area (Å²) in [4.78, 5) is 12.6. The fourth-order valence-corrected chi connectivity index (χ4v) is 6.75. The van der Waals surface area contributed by atoms with Crippen LogP contribution in [0.2, 0.25) is 0 Å². The molecule has 0 spiro atoms. The number of carbonyl (C=O) groups is 1. The molecule has 0 saturated carbocycles. The molecule has 0 aliphatic carbocycles. The number of allylic oxidation sites excluding steroid dienone is 5. The molecule has 0 heterocycles. The van der Waals surface area contributed by atoms with Crippen molar-refractivity contribution in [3.8, 4) is 0 Å². The van der Waals surface area contributed by atoms with Crippen LogP contribution in [0.1, 0.15) is 194 Å². The molecule has 49 heavy (non-hydrogen) atoms. The maximum atomic E-state index is 12.6. The normalized spacial score (nSPS) is 14.3. The molecule has 1 amide bonds. The fourth-order valence-electron chi connectivity index (χ4n) is 6.02. The standard InChI is InChI=1S/C41H77NO6S/c1-3-5-7-9-11-13-15-17-19-20-22-23-25-27-29-31-33-35-39(43)38(37-49(46,47)48)42-41(45)40(44)36-34-32-30-28-26-24-21-18-16-14-12-10-8-6-4-2/h19-20,25,27,33,35,38-40,43-44H,3-18,21-24,26,28-32,34,36-37H2,1-2H3,(H,42,45)(H,46,47,48)/b20-19+,27-25+,35-33+. The number of rotatable bonds is 36. The van der Waals surface area contributed by atoms with Crippen LogP contribution in [0, 0.1) is 0 Å². The summed E-state index contributed by atoms with van der Waals surface area (Å²) in [5, 5.41) is 23.3. The zero-order valence-electron chi connectivity index (χ0n) is 31.7. The lowest BCUT2D eigenvalue weighted by Crippen LogP contribution is -2.50. The van der Waals surface area contributed by atoms with Gasteiger partial charge in [-0.2, -0.15) is 8.42 Å². The summed E-state index contributed by atoms with van der Waals surface area (Å²) in [6.07, 6.45) is 42.0. The van der Waals surface area contributed by atoms with Crippen molar-refractivity contribution in [2.24, 2.45) is 0 Å². The van der Waals surface area contributed by atoms with Crippen molar-refractivity contribution < 1.29 is 28.0 Å². The van der Waals surface area contributed by atoms with Crippen LogP contribution < -0.4 is 5.32 Å². The van der Waals surface area contributed by atoms with E-state index in [9.17, 15) is 28.0 Å². The van der Waals surface area contributed by atoms with Crippen molar-refractivity contribution in [1.82, 2.24) is 5.32 Å². The summed E-state index contributed by atoms with van der Waals surface area (Å²) in [7, 11) is -4.45. The predicted octanol–water partition coefficient (Wildman–Crippen LogP) is 10.7. The molecule has 0 fully saturated rings. The zero-order chi connectivity index (χ0) is 36.3. The first kappa shape index (κ1) is 47.5. The van der Waals surface area contributed by atoms with E-state index >= 15 is 0 Å². The molecule has 7 nitrogen and oxygen atoms in total. The number of aliphatic hydroxyl groups excluding tert-OH is 2. The van der Waals surface area contributed by atoms with Crippen LogP contribution in [-0.2, 0) is 14.9 Å². The number of nitrogens with one attached hydrogen (secondary N) is 1. The predicted molar refractivity (Wildman–Crippen MR) is 208 cm³/mol. The van der Waals surface area contributed by atoms with Gasteiger partial charge in [-0.05, 0) is 44.9 Å². The molecule has 0 aromatic heterocycles.